The summed E-state index contributed by atoms with van der Waals surface area (Å²) in [4.78, 5) is 30.6. The molecule has 6 nitrogen and oxygen atoms in total. The molecule has 168 valence electrons. The smallest absolute Gasteiger partial charge is 0.356 e. The molecule has 1 heterocycles. The van der Waals surface area contributed by atoms with Crippen LogP contribution in [0.1, 0.15) is 50.3 Å². The van der Waals surface area contributed by atoms with Crippen molar-refractivity contribution in [3.05, 3.63) is 80.3 Å². The maximum atomic E-state index is 13.5. The van der Waals surface area contributed by atoms with Gasteiger partial charge in [-0.05, 0) is 48.6 Å². The molecule has 0 saturated heterocycles. The number of nitrogens with zero attached hydrogens (tertiary/aromatic N) is 2. The topological polar surface area (TPSA) is 79.7 Å². The van der Waals surface area contributed by atoms with Crippen molar-refractivity contribution in [1.29, 1.82) is 0 Å². The van der Waals surface area contributed by atoms with Gasteiger partial charge in [0, 0.05) is 12.1 Å². The van der Waals surface area contributed by atoms with E-state index in [1.807, 2.05) is 37.3 Å². The zero-order valence-electron chi connectivity index (χ0n) is 18.0. The number of amides is 1. The normalized spacial score (nSPS) is 10.7. The van der Waals surface area contributed by atoms with Crippen LogP contribution in [0.2, 0.25) is 4.34 Å². The van der Waals surface area contributed by atoms with Crippen molar-refractivity contribution in [3.8, 4) is 5.75 Å². The summed E-state index contributed by atoms with van der Waals surface area (Å²) in [6.45, 7) is 2.70. The third-order valence-corrected chi connectivity index (χ3v) is 6.28. The average Bonchev–Trinajstić information content (AvgIpc) is 3.18. The van der Waals surface area contributed by atoms with Crippen molar-refractivity contribution in [3.63, 3.8) is 0 Å². The summed E-state index contributed by atoms with van der Waals surface area (Å²) in [6.07, 6.45) is 2.35. The van der Waals surface area contributed by atoms with Gasteiger partial charge in [-0.1, -0.05) is 48.9 Å². The van der Waals surface area contributed by atoms with Gasteiger partial charge in [-0.3, -0.25) is 4.79 Å². The Hall–Kier alpha value is -2.90. The van der Waals surface area contributed by atoms with E-state index in [9.17, 15) is 14.7 Å². The lowest BCUT2D eigenvalue weighted by Gasteiger charge is -2.22. The SMILES string of the molecule is CCc1cc(OC)cc(C(=O)N(CCCc2ccccc2)Cc2nc(C(=O)O)c(Cl)s2)c1. The number of aromatic carboxylic acids is 1. The summed E-state index contributed by atoms with van der Waals surface area (Å²) in [5.41, 5.74) is 2.54. The minimum Gasteiger partial charge on any atom is -0.497 e. The Labute approximate surface area is 196 Å². The van der Waals surface area contributed by atoms with Gasteiger partial charge in [0.2, 0.25) is 0 Å². The lowest BCUT2D eigenvalue weighted by molar-refractivity contribution is 0.0691. The number of aryl methyl sites for hydroxylation is 2. The summed E-state index contributed by atoms with van der Waals surface area (Å²) < 4.78 is 5.48. The van der Waals surface area contributed by atoms with Crippen LogP contribution in [0.15, 0.2) is 48.5 Å². The van der Waals surface area contributed by atoms with E-state index in [0.717, 1.165) is 36.2 Å². The van der Waals surface area contributed by atoms with Crippen LogP contribution < -0.4 is 4.74 Å². The fourth-order valence-electron chi connectivity index (χ4n) is 3.37. The van der Waals surface area contributed by atoms with Gasteiger partial charge in [0.15, 0.2) is 5.69 Å². The Bertz CT molecular complexity index is 1060. The predicted molar refractivity (Wildman–Crippen MR) is 126 cm³/mol. The number of methoxy groups -OCH3 is 1. The van der Waals surface area contributed by atoms with Gasteiger partial charge in [0.05, 0.1) is 13.7 Å². The van der Waals surface area contributed by atoms with Crippen molar-refractivity contribution in [2.75, 3.05) is 13.7 Å². The van der Waals surface area contributed by atoms with Gasteiger partial charge in [0.25, 0.3) is 5.91 Å². The molecule has 8 heteroatoms. The van der Waals surface area contributed by atoms with Crippen LogP contribution in [0.3, 0.4) is 0 Å². The number of aromatic nitrogens is 1. The minimum absolute atomic E-state index is 0.110. The number of hydrogen-bond acceptors (Lipinski definition) is 5. The van der Waals surface area contributed by atoms with Gasteiger partial charge in [-0.15, -0.1) is 11.3 Å². The number of ether oxygens (including phenoxy) is 1. The Morgan fingerprint density at radius 3 is 2.53 bits per heavy atom. The van der Waals surface area contributed by atoms with Crippen LogP contribution in [0.5, 0.6) is 5.75 Å². The van der Waals surface area contributed by atoms with Gasteiger partial charge in [-0.2, -0.15) is 0 Å². The maximum absolute atomic E-state index is 13.5. The van der Waals surface area contributed by atoms with Gasteiger partial charge < -0.3 is 14.7 Å². The van der Waals surface area contributed by atoms with E-state index in [0.29, 0.717) is 22.9 Å². The quantitative estimate of drug-likeness (QED) is 0.430. The molecule has 0 saturated carbocycles. The molecule has 32 heavy (non-hydrogen) atoms. The van der Waals surface area contributed by atoms with Crippen LogP contribution in [0, 0.1) is 0 Å². The molecule has 2 aromatic carbocycles. The largest absolute Gasteiger partial charge is 0.497 e. The molecule has 0 atom stereocenters. The third-order valence-electron chi connectivity index (χ3n) is 5.04. The standard InChI is InChI=1S/C24H25ClN2O4S/c1-3-16-12-18(14-19(13-16)31-2)23(28)27(11-7-10-17-8-5-4-6-9-17)15-20-26-21(24(29)30)22(25)32-20/h4-6,8-9,12-14H,3,7,10-11,15H2,1-2H3,(H,29,30). The molecule has 0 aliphatic carbocycles. The lowest BCUT2D eigenvalue weighted by Crippen LogP contribution is -2.32. The van der Waals surface area contributed by atoms with Crippen molar-refractivity contribution in [1.82, 2.24) is 9.88 Å². The van der Waals surface area contributed by atoms with Crippen LogP contribution in [-0.2, 0) is 19.4 Å². The molecule has 0 radical (unpaired) electrons. The first kappa shape index (κ1) is 23.8. The van der Waals surface area contributed by atoms with E-state index >= 15 is 0 Å². The maximum Gasteiger partial charge on any atom is 0.356 e. The molecule has 0 unspecified atom stereocenters. The van der Waals surface area contributed by atoms with E-state index in [1.165, 1.54) is 5.56 Å². The van der Waals surface area contributed by atoms with Gasteiger partial charge in [0.1, 0.15) is 15.1 Å². The Morgan fingerprint density at radius 2 is 1.91 bits per heavy atom. The molecule has 0 fully saturated rings. The van der Waals surface area contributed by atoms with Crippen molar-refractivity contribution in [2.24, 2.45) is 0 Å². The second kappa shape index (κ2) is 11.1. The first-order valence-corrected chi connectivity index (χ1v) is 11.5. The van der Waals surface area contributed by atoms with Crippen LogP contribution in [-0.4, -0.2) is 40.5 Å². The summed E-state index contributed by atoms with van der Waals surface area (Å²) in [5, 5.41) is 9.73. The van der Waals surface area contributed by atoms with Crippen LogP contribution in [0.25, 0.3) is 0 Å². The summed E-state index contributed by atoms with van der Waals surface area (Å²) >= 11 is 7.12. The summed E-state index contributed by atoms with van der Waals surface area (Å²) in [6, 6.07) is 15.6. The molecule has 3 rings (SSSR count). The Morgan fingerprint density at radius 1 is 1.16 bits per heavy atom. The molecule has 0 aliphatic rings. The van der Waals surface area contributed by atoms with Crippen molar-refractivity contribution >= 4 is 34.8 Å². The van der Waals surface area contributed by atoms with E-state index < -0.39 is 5.97 Å². The van der Waals surface area contributed by atoms with E-state index in [2.05, 4.69) is 17.1 Å². The van der Waals surface area contributed by atoms with Gasteiger partial charge in [-0.25, -0.2) is 9.78 Å². The van der Waals surface area contributed by atoms with Gasteiger partial charge >= 0.3 is 5.97 Å². The number of thiazole rings is 1. The number of halogens is 1. The zero-order valence-corrected chi connectivity index (χ0v) is 19.6. The molecule has 1 amide bonds. The van der Waals surface area contributed by atoms with E-state index in [1.54, 1.807) is 18.1 Å². The lowest BCUT2D eigenvalue weighted by atomic mass is 10.1. The fraction of sp³-hybridized carbons (Fsp3) is 0.292. The summed E-state index contributed by atoms with van der Waals surface area (Å²) in [7, 11) is 1.58. The Balaban J connectivity index is 1.84. The highest BCUT2D eigenvalue weighted by atomic mass is 35.5. The van der Waals surface area contributed by atoms with Crippen LogP contribution in [0.4, 0.5) is 0 Å². The fourth-order valence-corrected chi connectivity index (χ4v) is 4.55. The number of rotatable bonds is 10. The number of carbonyl (C=O) groups excluding carboxylic acids is 1. The third kappa shape index (κ3) is 6.08. The Kier molecular flexibility index (Phi) is 8.25. The molecular weight excluding hydrogens is 448 g/mol. The highest BCUT2D eigenvalue weighted by Crippen LogP contribution is 2.26. The second-order valence-corrected chi connectivity index (χ2v) is 8.96. The highest BCUT2D eigenvalue weighted by Gasteiger charge is 2.22. The molecule has 0 spiro atoms. The molecule has 1 N–H and O–H groups in total. The summed E-state index contributed by atoms with van der Waals surface area (Å²) in [5.74, 6) is -0.711. The number of carboxylic acid groups (broad SMARTS) is 1. The number of hydrogen-bond donors (Lipinski definition) is 1. The first-order valence-electron chi connectivity index (χ1n) is 10.3. The number of carbonyl (C=O) groups is 2. The molecule has 3 aromatic rings. The van der Waals surface area contributed by atoms with E-state index in [4.69, 9.17) is 16.3 Å². The van der Waals surface area contributed by atoms with E-state index in [-0.39, 0.29) is 22.5 Å². The average molecular weight is 473 g/mol. The first-order chi connectivity index (χ1) is 15.4. The highest BCUT2D eigenvalue weighted by molar-refractivity contribution is 7.16. The molecule has 0 bridgehead atoms. The number of carboxylic acids is 1. The minimum atomic E-state index is -1.18. The monoisotopic (exact) mass is 472 g/mol. The number of benzene rings is 2. The predicted octanol–water partition coefficient (Wildman–Crippen LogP) is 5.34. The zero-order chi connectivity index (χ0) is 23.1. The second-order valence-electron chi connectivity index (χ2n) is 7.27. The van der Waals surface area contributed by atoms with Crippen molar-refractivity contribution in [2.45, 2.75) is 32.7 Å². The molecule has 0 aliphatic heterocycles. The molecule has 1 aromatic heterocycles. The van der Waals surface area contributed by atoms with Crippen molar-refractivity contribution < 1.29 is 19.4 Å². The molecular formula is C24H25ClN2O4S. The van der Waals surface area contributed by atoms with Crippen LogP contribution >= 0.6 is 22.9 Å².